The van der Waals surface area contributed by atoms with E-state index in [9.17, 15) is 0 Å². The highest BCUT2D eigenvalue weighted by atomic mass is 16.5. The van der Waals surface area contributed by atoms with E-state index in [-0.39, 0.29) is 12.6 Å². The van der Waals surface area contributed by atoms with Crippen LogP contribution < -0.4 is 10.5 Å². The number of hydrogen-bond donors (Lipinski definition) is 2. The summed E-state index contributed by atoms with van der Waals surface area (Å²) >= 11 is 0. The van der Waals surface area contributed by atoms with Crippen molar-refractivity contribution in [3.8, 4) is 5.75 Å². The van der Waals surface area contributed by atoms with Crippen LogP contribution in [0.5, 0.6) is 5.75 Å². The molecule has 2 rings (SSSR count). The Morgan fingerprint density at radius 2 is 2.24 bits per heavy atom. The number of fused-ring (bicyclic) bond motifs is 1. The fourth-order valence-corrected chi connectivity index (χ4v) is 2.09. The highest BCUT2D eigenvalue weighted by Crippen LogP contribution is 2.26. The maximum absolute atomic E-state index is 9.02. The number of aryl methyl sites for hydroxylation is 1. The third-order valence-corrected chi connectivity index (χ3v) is 3.00. The maximum Gasteiger partial charge on any atom is 0.119 e. The maximum atomic E-state index is 9.02. The summed E-state index contributed by atoms with van der Waals surface area (Å²) in [5, 5.41) is 10.2. The average molecular weight is 234 g/mol. The summed E-state index contributed by atoms with van der Waals surface area (Å²) in [5.41, 5.74) is 8.07. The van der Waals surface area contributed by atoms with Gasteiger partial charge in [0.25, 0.3) is 0 Å². The lowest BCUT2D eigenvalue weighted by atomic mass is 10.1. The van der Waals surface area contributed by atoms with E-state index in [1.54, 1.807) is 7.11 Å². The van der Waals surface area contributed by atoms with Crippen molar-refractivity contribution in [3.63, 3.8) is 0 Å². The Morgan fingerprint density at radius 1 is 1.47 bits per heavy atom. The Hall–Kier alpha value is -1.52. The molecule has 0 radical (unpaired) electrons. The first kappa shape index (κ1) is 12.0. The number of nitrogens with zero attached hydrogens (tertiary/aromatic N) is 1. The van der Waals surface area contributed by atoms with Crippen LogP contribution in [0.15, 0.2) is 24.4 Å². The number of aliphatic hydroxyl groups excluding tert-OH is 1. The van der Waals surface area contributed by atoms with E-state index in [0.29, 0.717) is 6.42 Å². The number of hydrogen-bond acceptors (Lipinski definition) is 3. The van der Waals surface area contributed by atoms with Crippen molar-refractivity contribution in [1.82, 2.24) is 4.57 Å². The Kier molecular flexibility index (Phi) is 3.36. The van der Waals surface area contributed by atoms with Gasteiger partial charge in [0, 0.05) is 30.2 Å². The SMILES string of the molecule is COc1ccc2c(c1)c(CC(N)CO)cn2C. The molecule has 0 aliphatic carbocycles. The Bertz CT molecular complexity index is 519. The van der Waals surface area contributed by atoms with E-state index < -0.39 is 0 Å². The van der Waals surface area contributed by atoms with Gasteiger partial charge >= 0.3 is 0 Å². The zero-order valence-electron chi connectivity index (χ0n) is 10.2. The summed E-state index contributed by atoms with van der Waals surface area (Å²) in [5.74, 6) is 0.836. The molecule has 0 aliphatic rings. The number of nitrogens with two attached hydrogens (primary N) is 1. The molecule has 1 atom stereocenters. The Morgan fingerprint density at radius 3 is 2.88 bits per heavy atom. The number of methoxy groups -OCH3 is 1. The Balaban J connectivity index is 2.47. The summed E-state index contributed by atoms with van der Waals surface area (Å²) in [6.07, 6.45) is 2.72. The number of aromatic nitrogens is 1. The molecule has 0 amide bonds. The van der Waals surface area contributed by atoms with Crippen LogP contribution in [0.2, 0.25) is 0 Å². The molecule has 4 nitrogen and oxygen atoms in total. The topological polar surface area (TPSA) is 60.4 Å². The summed E-state index contributed by atoms with van der Waals surface area (Å²) in [6, 6.07) is 5.77. The second kappa shape index (κ2) is 4.77. The minimum atomic E-state index is -0.216. The van der Waals surface area contributed by atoms with Crippen molar-refractivity contribution in [2.24, 2.45) is 12.8 Å². The summed E-state index contributed by atoms with van der Waals surface area (Å²) < 4.78 is 7.29. The fraction of sp³-hybridized carbons (Fsp3) is 0.385. The molecule has 1 unspecified atom stereocenters. The molecule has 0 saturated heterocycles. The third kappa shape index (κ3) is 2.28. The van der Waals surface area contributed by atoms with E-state index >= 15 is 0 Å². The predicted octanol–water partition coefficient (Wildman–Crippen LogP) is 1.05. The molecule has 1 aromatic heterocycles. The standard InChI is InChI=1S/C13H18N2O2/c1-15-7-9(5-10(14)8-16)12-6-11(17-2)3-4-13(12)15/h3-4,6-7,10,16H,5,8,14H2,1-2H3. The molecule has 0 spiro atoms. The van der Waals surface area contributed by atoms with E-state index in [1.165, 1.54) is 0 Å². The lowest BCUT2D eigenvalue weighted by Crippen LogP contribution is -2.26. The lowest BCUT2D eigenvalue weighted by molar-refractivity contribution is 0.265. The van der Waals surface area contributed by atoms with Gasteiger partial charge in [0.1, 0.15) is 5.75 Å². The van der Waals surface area contributed by atoms with Gasteiger partial charge in [-0.2, -0.15) is 0 Å². The van der Waals surface area contributed by atoms with E-state index in [2.05, 4.69) is 10.8 Å². The van der Waals surface area contributed by atoms with Crippen molar-refractivity contribution in [3.05, 3.63) is 30.0 Å². The second-order valence-corrected chi connectivity index (χ2v) is 4.30. The zero-order valence-corrected chi connectivity index (χ0v) is 10.2. The first-order chi connectivity index (χ1) is 8.15. The zero-order chi connectivity index (χ0) is 12.4. The van der Waals surface area contributed by atoms with Gasteiger partial charge in [-0.3, -0.25) is 0 Å². The molecule has 0 saturated carbocycles. The first-order valence-corrected chi connectivity index (χ1v) is 5.64. The van der Waals surface area contributed by atoms with E-state index in [0.717, 1.165) is 22.2 Å². The summed E-state index contributed by atoms with van der Waals surface area (Å²) in [4.78, 5) is 0. The fourth-order valence-electron chi connectivity index (χ4n) is 2.09. The molecule has 0 fully saturated rings. The molecule has 92 valence electrons. The molecule has 3 N–H and O–H groups in total. The molecule has 2 aromatic rings. The van der Waals surface area contributed by atoms with E-state index in [4.69, 9.17) is 15.6 Å². The van der Waals surface area contributed by atoms with Crippen molar-refractivity contribution in [1.29, 1.82) is 0 Å². The van der Waals surface area contributed by atoms with Gasteiger partial charge in [-0.15, -0.1) is 0 Å². The van der Waals surface area contributed by atoms with Gasteiger partial charge in [-0.1, -0.05) is 0 Å². The number of rotatable bonds is 4. The largest absolute Gasteiger partial charge is 0.497 e. The minimum absolute atomic E-state index is 0.000353. The molecular weight excluding hydrogens is 216 g/mol. The quantitative estimate of drug-likeness (QED) is 0.831. The first-order valence-electron chi connectivity index (χ1n) is 5.64. The van der Waals surface area contributed by atoms with Crippen LogP contribution >= 0.6 is 0 Å². The minimum Gasteiger partial charge on any atom is -0.497 e. The molecule has 17 heavy (non-hydrogen) atoms. The van der Waals surface area contributed by atoms with Crippen LogP contribution in [-0.2, 0) is 13.5 Å². The van der Waals surface area contributed by atoms with Crippen LogP contribution in [0.3, 0.4) is 0 Å². The van der Waals surface area contributed by atoms with Gasteiger partial charge in [0.05, 0.1) is 13.7 Å². The third-order valence-electron chi connectivity index (χ3n) is 3.00. The molecular formula is C13H18N2O2. The van der Waals surface area contributed by atoms with Crippen LogP contribution in [0.25, 0.3) is 10.9 Å². The van der Waals surface area contributed by atoms with Crippen molar-refractivity contribution >= 4 is 10.9 Å². The predicted molar refractivity (Wildman–Crippen MR) is 68.2 cm³/mol. The van der Waals surface area contributed by atoms with Gasteiger partial charge in [0.15, 0.2) is 0 Å². The summed E-state index contributed by atoms with van der Waals surface area (Å²) in [7, 11) is 3.66. The van der Waals surface area contributed by atoms with Crippen LogP contribution in [0, 0.1) is 0 Å². The molecule has 1 aromatic carbocycles. The molecule has 4 heteroatoms. The highest BCUT2D eigenvalue weighted by Gasteiger charge is 2.10. The molecule has 0 aliphatic heterocycles. The smallest absolute Gasteiger partial charge is 0.119 e. The van der Waals surface area contributed by atoms with Crippen molar-refractivity contribution in [2.75, 3.05) is 13.7 Å². The summed E-state index contributed by atoms with van der Waals surface area (Å²) in [6.45, 7) is 0.000353. The van der Waals surface area contributed by atoms with Crippen molar-refractivity contribution in [2.45, 2.75) is 12.5 Å². The molecule has 1 heterocycles. The number of aliphatic hydroxyl groups is 1. The van der Waals surface area contributed by atoms with Crippen molar-refractivity contribution < 1.29 is 9.84 Å². The number of benzene rings is 1. The van der Waals surface area contributed by atoms with Crippen LogP contribution in [0.1, 0.15) is 5.56 Å². The monoisotopic (exact) mass is 234 g/mol. The normalized spacial score (nSPS) is 12.9. The Labute approximate surface area is 101 Å². The van der Waals surface area contributed by atoms with E-state index in [1.807, 2.05) is 25.2 Å². The van der Waals surface area contributed by atoms with Gasteiger partial charge in [-0.05, 0) is 30.2 Å². The highest BCUT2D eigenvalue weighted by molar-refractivity contribution is 5.85. The number of ether oxygens (including phenoxy) is 1. The lowest BCUT2D eigenvalue weighted by Gasteiger charge is -2.07. The van der Waals surface area contributed by atoms with Crippen LogP contribution in [0.4, 0.5) is 0 Å². The van der Waals surface area contributed by atoms with Gasteiger partial charge in [0.2, 0.25) is 0 Å². The van der Waals surface area contributed by atoms with Gasteiger partial charge < -0.3 is 20.1 Å². The second-order valence-electron chi connectivity index (χ2n) is 4.30. The average Bonchev–Trinajstić information content (AvgIpc) is 2.65. The van der Waals surface area contributed by atoms with Crippen LogP contribution in [-0.4, -0.2) is 29.4 Å². The molecule has 0 bridgehead atoms. The van der Waals surface area contributed by atoms with Gasteiger partial charge in [-0.25, -0.2) is 0 Å².